The lowest BCUT2D eigenvalue weighted by atomic mass is 9.99. The van der Waals surface area contributed by atoms with Crippen molar-refractivity contribution in [3.8, 4) is 0 Å². The van der Waals surface area contributed by atoms with Crippen molar-refractivity contribution >= 4 is 28.3 Å². The second-order valence-corrected chi connectivity index (χ2v) is 6.34. The first-order valence-electron chi connectivity index (χ1n) is 8.53. The molecule has 2 rings (SSSR count). The molecule has 1 N–H and O–H groups in total. The first kappa shape index (κ1) is 18.8. The molecule has 5 nitrogen and oxygen atoms in total. The number of carbonyl (C=O) groups is 2. The number of nitrogens with zero attached hydrogens (tertiary/aromatic N) is 1. The van der Waals surface area contributed by atoms with Gasteiger partial charge in [0.1, 0.15) is 6.04 Å². The highest BCUT2D eigenvalue weighted by Gasteiger charge is 2.26. The Kier molecular flexibility index (Phi) is 6.39. The third-order valence-electron chi connectivity index (χ3n) is 4.54. The molecule has 0 unspecified atom stereocenters. The number of hydrogen-bond donors (Lipinski definition) is 1. The van der Waals surface area contributed by atoms with Crippen LogP contribution in [0.4, 0.5) is 5.69 Å². The third kappa shape index (κ3) is 4.72. The summed E-state index contributed by atoms with van der Waals surface area (Å²) in [6, 6.07) is 13.6. The van der Waals surface area contributed by atoms with Crippen molar-refractivity contribution in [1.29, 1.82) is 0 Å². The number of esters is 1. The molecule has 1 amide bonds. The molecule has 0 aliphatic rings. The van der Waals surface area contributed by atoms with Crippen molar-refractivity contribution in [3.05, 3.63) is 42.5 Å². The molecule has 0 aliphatic heterocycles. The van der Waals surface area contributed by atoms with Gasteiger partial charge in [-0.05, 0) is 28.8 Å². The van der Waals surface area contributed by atoms with Crippen LogP contribution < -0.4 is 10.2 Å². The largest absolute Gasteiger partial charge is 0.467 e. The SMILES string of the molecule is CC[C@@H](C)[C@H](NC(=O)CN(C)c1ccc2ccccc2c1)C(=O)OC. The van der Waals surface area contributed by atoms with Gasteiger partial charge in [-0.1, -0.05) is 50.6 Å². The molecule has 25 heavy (non-hydrogen) atoms. The predicted molar refractivity (Wildman–Crippen MR) is 101 cm³/mol. The van der Waals surface area contributed by atoms with Gasteiger partial charge < -0.3 is 15.0 Å². The fraction of sp³-hybridized carbons (Fsp3) is 0.400. The molecular weight excluding hydrogens is 316 g/mol. The average molecular weight is 342 g/mol. The summed E-state index contributed by atoms with van der Waals surface area (Å²) in [6.07, 6.45) is 0.778. The Labute approximate surface area is 149 Å². The molecule has 0 fully saturated rings. The number of ether oxygens (including phenoxy) is 1. The van der Waals surface area contributed by atoms with E-state index >= 15 is 0 Å². The maximum atomic E-state index is 12.4. The molecule has 0 radical (unpaired) electrons. The van der Waals surface area contributed by atoms with Crippen molar-refractivity contribution in [3.63, 3.8) is 0 Å². The summed E-state index contributed by atoms with van der Waals surface area (Å²) in [7, 11) is 3.20. The lowest BCUT2D eigenvalue weighted by Gasteiger charge is -2.24. The molecule has 0 saturated carbocycles. The Bertz CT molecular complexity index is 745. The molecule has 5 heteroatoms. The summed E-state index contributed by atoms with van der Waals surface area (Å²) >= 11 is 0. The monoisotopic (exact) mass is 342 g/mol. The van der Waals surface area contributed by atoms with Crippen LogP contribution in [0.5, 0.6) is 0 Å². The summed E-state index contributed by atoms with van der Waals surface area (Å²) < 4.78 is 4.81. The van der Waals surface area contributed by atoms with Gasteiger partial charge in [0.25, 0.3) is 0 Å². The molecule has 134 valence electrons. The second-order valence-electron chi connectivity index (χ2n) is 6.34. The van der Waals surface area contributed by atoms with E-state index in [9.17, 15) is 9.59 Å². The number of likely N-dealkylation sites (N-methyl/N-ethyl adjacent to an activating group) is 1. The highest BCUT2D eigenvalue weighted by molar-refractivity contribution is 5.89. The molecule has 0 saturated heterocycles. The normalized spacial score (nSPS) is 13.1. The number of methoxy groups -OCH3 is 1. The molecular formula is C20H26N2O3. The highest BCUT2D eigenvalue weighted by Crippen LogP contribution is 2.21. The van der Waals surface area contributed by atoms with Crippen LogP contribution in [0, 0.1) is 5.92 Å². The summed E-state index contributed by atoms with van der Waals surface area (Å²) in [4.78, 5) is 26.1. The van der Waals surface area contributed by atoms with E-state index in [1.807, 2.05) is 56.1 Å². The molecule has 2 aromatic rings. The van der Waals surface area contributed by atoms with E-state index in [4.69, 9.17) is 4.74 Å². The zero-order valence-electron chi connectivity index (χ0n) is 15.3. The van der Waals surface area contributed by atoms with E-state index < -0.39 is 12.0 Å². The van der Waals surface area contributed by atoms with E-state index in [0.717, 1.165) is 22.9 Å². The second kappa shape index (κ2) is 8.51. The van der Waals surface area contributed by atoms with Gasteiger partial charge in [0.15, 0.2) is 0 Å². The lowest BCUT2D eigenvalue weighted by molar-refractivity contribution is -0.146. The first-order chi connectivity index (χ1) is 12.0. The highest BCUT2D eigenvalue weighted by atomic mass is 16.5. The Morgan fingerprint density at radius 3 is 2.48 bits per heavy atom. The molecule has 0 aliphatic carbocycles. The van der Waals surface area contributed by atoms with E-state index in [2.05, 4.69) is 17.4 Å². The summed E-state index contributed by atoms with van der Waals surface area (Å²) in [6.45, 7) is 4.07. The minimum Gasteiger partial charge on any atom is -0.467 e. The van der Waals surface area contributed by atoms with Gasteiger partial charge in [-0.25, -0.2) is 4.79 Å². The molecule has 2 aromatic carbocycles. The van der Waals surface area contributed by atoms with Crippen LogP contribution in [0.15, 0.2) is 42.5 Å². The van der Waals surface area contributed by atoms with Crippen molar-refractivity contribution in [2.24, 2.45) is 5.92 Å². The van der Waals surface area contributed by atoms with Gasteiger partial charge >= 0.3 is 5.97 Å². The average Bonchev–Trinajstić information content (AvgIpc) is 2.64. The minimum atomic E-state index is -0.618. The van der Waals surface area contributed by atoms with Crippen LogP contribution in [0.1, 0.15) is 20.3 Å². The fourth-order valence-corrected chi connectivity index (χ4v) is 2.74. The quantitative estimate of drug-likeness (QED) is 0.786. The molecule has 0 bridgehead atoms. The summed E-state index contributed by atoms with van der Waals surface area (Å²) in [5.74, 6) is -0.593. The maximum absolute atomic E-state index is 12.4. The number of benzene rings is 2. The number of amides is 1. The summed E-state index contributed by atoms with van der Waals surface area (Å²) in [5.41, 5.74) is 0.951. The Morgan fingerprint density at radius 1 is 1.16 bits per heavy atom. The molecule has 0 spiro atoms. The number of hydrogen-bond acceptors (Lipinski definition) is 4. The Hall–Kier alpha value is -2.56. The number of anilines is 1. The molecule has 2 atom stereocenters. The number of nitrogens with one attached hydrogen (secondary N) is 1. The van der Waals surface area contributed by atoms with Crippen molar-refractivity contribution in [2.75, 3.05) is 25.6 Å². The van der Waals surface area contributed by atoms with Crippen molar-refractivity contribution in [2.45, 2.75) is 26.3 Å². The van der Waals surface area contributed by atoms with Crippen LogP contribution in [-0.2, 0) is 14.3 Å². The fourth-order valence-electron chi connectivity index (χ4n) is 2.74. The molecule has 0 aromatic heterocycles. The van der Waals surface area contributed by atoms with Crippen LogP contribution in [0.3, 0.4) is 0 Å². The van der Waals surface area contributed by atoms with Crippen LogP contribution >= 0.6 is 0 Å². The van der Waals surface area contributed by atoms with Crippen LogP contribution in [0.25, 0.3) is 10.8 Å². The van der Waals surface area contributed by atoms with E-state index in [1.54, 1.807) is 0 Å². The van der Waals surface area contributed by atoms with Gasteiger partial charge in [-0.2, -0.15) is 0 Å². The van der Waals surface area contributed by atoms with E-state index in [-0.39, 0.29) is 18.4 Å². The lowest BCUT2D eigenvalue weighted by Crippen LogP contribution is -2.48. The smallest absolute Gasteiger partial charge is 0.328 e. The standard InChI is InChI=1S/C20H26N2O3/c1-5-14(2)19(20(24)25-4)21-18(23)13-22(3)17-11-10-15-8-6-7-9-16(15)12-17/h6-12,14,19H,5,13H2,1-4H3,(H,21,23)/t14-,19+/m1/s1. The van der Waals surface area contributed by atoms with Crippen LogP contribution in [0.2, 0.25) is 0 Å². The summed E-state index contributed by atoms with van der Waals surface area (Å²) in [5, 5.41) is 5.08. The maximum Gasteiger partial charge on any atom is 0.328 e. The Morgan fingerprint density at radius 2 is 1.84 bits per heavy atom. The Balaban J connectivity index is 2.05. The van der Waals surface area contributed by atoms with Gasteiger partial charge in [0, 0.05) is 12.7 Å². The number of rotatable bonds is 7. The van der Waals surface area contributed by atoms with Crippen molar-refractivity contribution < 1.29 is 14.3 Å². The zero-order chi connectivity index (χ0) is 18.4. The van der Waals surface area contributed by atoms with Gasteiger partial charge in [-0.3, -0.25) is 4.79 Å². The van der Waals surface area contributed by atoms with E-state index in [0.29, 0.717) is 0 Å². The number of carbonyl (C=O) groups excluding carboxylic acids is 2. The first-order valence-corrected chi connectivity index (χ1v) is 8.53. The molecule has 0 heterocycles. The predicted octanol–water partition coefficient (Wildman–Crippen LogP) is 2.98. The van der Waals surface area contributed by atoms with Gasteiger partial charge in [0.05, 0.1) is 13.7 Å². The van der Waals surface area contributed by atoms with Gasteiger partial charge in [0.2, 0.25) is 5.91 Å². The minimum absolute atomic E-state index is 0.0161. The van der Waals surface area contributed by atoms with Gasteiger partial charge in [-0.15, -0.1) is 0 Å². The zero-order valence-corrected chi connectivity index (χ0v) is 15.3. The van der Waals surface area contributed by atoms with Crippen molar-refractivity contribution in [1.82, 2.24) is 5.32 Å². The number of fused-ring (bicyclic) bond motifs is 1. The van der Waals surface area contributed by atoms with Crippen LogP contribution in [-0.4, -0.2) is 38.6 Å². The van der Waals surface area contributed by atoms with E-state index in [1.165, 1.54) is 7.11 Å². The topological polar surface area (TPSA) is 58.6 Å². The third-order valence-corrected chi connectivity index (χ3v) is 4.54.